The topological polar surface area (TPSA) is 70.2 Å². The van der Waals surface area contributed by atoms with E-state index in [2.05, 4.69) is 0 Å². The van der Waals surface area contributed by atoms with E-state index in [4.69, 9.17) is 4.74 Å². The highest BCUT2D eigenvalue weighted by molar-refractivity contribution is 7.89. The van der Waals surface area contributed by atoms with E-state index in [0.717, 1.165) is 5.56 Å². The van der Waals surface area contributed by atoms with Gasteiger partial charge in [-0.2, -0.15) is 0 Å². The lowest BCUT2D eigenvalue weighted by atomic mass is 10.1. The highest BCUT2D eigenvalue weighted by atomic mass is 32.2. The first kappa shape index (κ1) is 25.7. The van der Waals surface area contributed by atoms with Gasteiger partial charge in [0.25, 0.3) is 5.91 Å². The van der Waals surface area contributed by atoms with Gasteiger partial charge in [-0.3, -0.25) is 4.79 Å². The van der Waals surface area contributed by atoms with Crippen molar-refractivity contribution in [1.29, 1.82) is 0 Å². The van der Waals surface area contributed by atoms with Gasteiger partial charge < -0.3 is 14.5 Å². The number of halogens is 1. The molecule has 9 heteroatoms. The number of hydrogen-bond acceptors (Lipinski definition) is 5. The van der Waals surface area contributed by atoms with Crippen LogP contribution in [0.15, 0.2) is 77.7 Å². The van der Waals surface area contributed by atoms with Gasteiger partial charge in [0.2, 0.25) is 10.0 Å². The second-order valence-corrected chi connectivity index (χ2v) is 10.7. The van der Waals surface area contributed by atoms with Gasteiger partial charge in [-0.1, -0.05) is 36.4 Å². The van der Waals surface area contributed by atoms with Crippen molar-refractivity contribution < 1.29 is 22.3 Å². The Morgan fingerprint density at radius 1 is 0.972 bits per heavy atom. The zero-order valence-electron chi connectivity index (χ0n) is 20.4. The summed E-state index contributed by atoms with van der Waals surface area (Å²) < 4.78 is 47.0. The number of likely N-dealkylation sites (N-methyl/N-ethyl adjacent to an activating group) is 1. The molecule has 1 amide bonds. The molecule has 0 bridgehead atoms. The molecule has 0 radical (unpaired) electrons. The monoisotopic (exact) mass is 511 g/mol. The predicted octanol–water partition coefficient (Wildman–Crippen LogP) is 3.66. The number of benzene rings is 3. The SMILES string of the molecule is COc1ccc(S(=O)(=O)N(C)CCc2ccccc2)cc1N1CCN(C(=O)c2cccc(F)c2)CC1. The zero-order chi connectivity index (χ0) is 25.7. The Morgan fingerprint density at radius 2 is 1.69 bits per heavy atom. The maximum atomic E-state index is 13.5. The van der Waals surface area contributed by atoms with Gasteiger partial charge >= 0.3 is 0 Å². The maximum Gasteiger partial charge on any atom is 0.254 e. The third-order valence-corrected chi connectivity index (χ3v) is 8.25. The Morgan fingerprint density at radius 3 is 2.36 bits per heavy atom. The fourth-order valence-electron chi connectivity index (χ4n) is 4.26. The maximum absolute atomic E-state index is 13.5. The smallest absolute Gasteiger partial charge is 0.254 e. The van der Waals surface area contributed by atoms with Crippen molar-refractivity contribution in [3.8, 4) is 5.75 Å². The van der Waals surface area contributed by atoms with Gasteiger partial charge in [0.05, 0.1) is 17.7 Å². The third kappa shape index (κ3) is 5.68. The molecular formula is C27H30FN3O4S. The molecule has 0 aromatic heterocycles. The van der Waals surface area contributed by atoms with Gasteiger partial charge in [0.1, 0.15) is 11.6 Å². The zero-order valence-corrected chi connectivity index (χ0v) is 21.2. The molecule has 1 aliphatic heterocycles. The lowest BCUT2D eigenvalue weighted by Crippen LogP contribution is -2.49. The molecular weight excluding hydrogens is 481 g/mol. The molecule has 0 saturated carbocycles. The van der Waals surface area contributed by atoms with Crippen LogP contribution in [0, 0.1) is 5.82 Å². The molecule has 7 nitrogen and oxygen atoms in total. The van der Waals surface area contributed by atoms with E-state index in [1.54, 1.807) is 43.3 Å². The number of rotatable bonds is 8. The summed E-state index contributed by atoms with van der Waals surface area (Å²) in [7, 11) is -0.582. The minimum absolute atomic E-state index is 0.187. The largest absolute Gasteiger partial charge is 0.495 e. The molecule has 1 fully saturated rings. The van der Waals surface area contributed by atoms with Crippen molar-refractivity contribution in [3.63, 3.8) is 0 Å². The van der Waals surface area contributed by atoms with E-state index in [-0.39, 0.29) is 10.8 Å². The minimum atomic E-state index is -3.71. The summed E-state index contributed by atoms with van der Waals surface area (Å²) in [4.78, 5) is 16.6. The molecule has 0 N–H and O–H groups in total. The van der Waals surface area contributed by atoms with Crippen LogP contribution in [0.5, 0.6) is 5.75 Å². The summed E-state index contributed by atoms with van der Waals surface area (Å²) in [6.45, 7) is 2.18. The van der Waals surface area contributed by atoms with Crippen LogP contribution in [0.4, 0.5) is 10.1 Å². The van der Waals surface area contributed by atoms with Gasteiger partial charge in [-0.05, 0) is 48.4 Å². The van der Waals surface area contributed by atoms with Crippen LogP contribution < -0.4 is 9.64 Å². The molecule has 36 heavy (non-hydrogen) atoms. The van der Waals surface area contributed by atoms with Crippen LogP contribution in [0.3, 0.4) is 0 Å². The second-order valence-electron chi connectivity index (χ2n) is 8.69. The Balaban J connectivity index is 1.47. The molecule has 190 valence electrons. The number of carbonyl (C=O) groups is 1. The van der Waals surface area contributed by atoms with E-state index in [1.807, 2.05) is 35.2 Å². The molecule has 1 saturated heterocycles. The normalized spacial score (nSPS) is 14.2. The summed E-state index contributed by atoms with van der Waals surface area (Å²) >= 11 is 0. The highest BCUT2D eigenvalue weighted by Crippen LogP contribution is 2.32. The number of nitrogens with zero attached hydrogens (tertiary/aromatic N) is 3. The van der Waals surface area contributed by atoms with E-state index in [9.17, 15) is 17.6 Å². The Hall–Kier alpha value is -3.43. The first-order chi connectivity index (χ1) is 17.3. The van der Waals surface area contributed by atoms with Crippen LogP contribution in [0.2, 0.25) is 0 Å². The number of hydrogen-bond donors (Lipinski definition) is 0. The van der Waals surface area contributed by atoms with Crippen LogP contribution in [0.25, 0.3) is 0 Å². The Kier molecular flexibility index (Phi) is 7.91. The van der Waals surface area contributed by atoms with E-state index in [1.165, 1.54) is 22.5 Å². The number of piperazine rings is 1. The summed E-state index contributed by atoms with van der Waals surface area (Å²) in [6.07, 6.45) is 0.612. The van der Waals surface area contributed by atoms with E-state index in [0.29, 0.717) is 56.1 Å². The molecule has 1 heterocycles. The van der Waals surface area contributed by atoms with Crippen molar-refractivity contribution in [2.45, 2.75) is 11.3 Å². The minimum Gasteiger partial charge on any atom is -0.495 e. The predicted molar refractivity (Wildman–Crippen MR) is 137 cm³/mol. The van der Waals surface area contributed by atoms with E-state index < -0.39 is 15.8 Å². The average Bonchev–Trinajstić information content (AvgIpc) is 2.91. The molecule has 3 aromatic rings. The molecule has 0 aliphatic carbocycles. The van der Waals surface area contributed by atoms with E-state index >= 15 is 0 Å². The number of amides is 1. The summed E-state index contributed by atoms with van der Waals surface area (Å²) in [5.74, 6) is -0.112. The van der Waals surface area contributed by atoms with Crippen molar-refractivity contribution in [2.75, 3.05) is 51.8 Å². The molecule has 0 atom stereocenters. The first-order valence-corrected chi connectivity index (χ1v) is 13.2. The number of methoxy groups -OCH3 is 1. The molecule has 1 aliphatic rings. The lowest BCUT2D eigenvalue weighted by molar-refractivity contribution is 0.0746. The van der Waals surface area contributed by atoms with Crippen molar-refractivity contribution in [3.05, 3.63) is 89.7 Å². The van der Waals surface area contributed by atoms with Gasteiger partial charge in [0, 0.05) is 45.3 Å². The van der Waals surface area contributed by atoms with Gasteiger partial charge in [-0.15, -0.1) is 0 Å². The lowest BCUT2D eigenvalue weighted by Gasteiger charge is -2.37. The van der Waals surface area contributed by atoms with Gasteiger partial charge in [0.15, 0.2) is 0 Å². The summed E-state index contributed by atoms with van der Waals surface area (Å²) in [5.41, 5.74) is 2.04. The van der Waals surface area contributed by atoms with Crippen molar-refractivity contribution in [2.24, 2.45) is 0 Å². The number of anilines is 1. The van der Waals surface area contributed by atoms with Crippen LogP contribution in [-0.4, -0.2) is 70.4 Å². The average molecular weight is 512 g/mol. The standard InChI is InChI=1S/C27H30FN3O4S/c1-29(14-13-21-7-4-3-5-8-21)36(33,34)24-11-12-26(35-2)25(20-24)30-15-17-31(18-16-30)27(32)22-9-6-10-23(28)19-22/h3-12,19-20H,13-18H2,1-2H3. The second kappa shape index (κ2) is 11.1. The highest BCUT2D eigenvalue weighted by Gasteiger charge is 2.27. The Labute approximate surface area is 211 Å². The van der Waals surface area contributed by atoms with Crippen LogP contribution in [0.1, 0.15) is 15.9 Å². The number of sulfonamides is 1. The molecule has 0 spiro atoms. The van der Waals surface area contributed by atoms with Gasteiger partial charge in [-0.25, -0.2) is 17.1 Å². The number of ether oxygens (including phenoxy) is 1. The van der Waals surface area contributed by atoms with Crippen molar-refractivity contribution in [1.82, 2.24) is 9.21 Å². The first-order valence-electron chi connectivity index (χ1n) is 11.8. The molecule has 3 aromatic carbocycles. The quantitative estimate of drug-likeness (QED) is 0.462. The van der Waals surface area contributed by atoms with Crippen LogP contribution in [-0.2, 0) is 16.4 Å². The fraction of sp³-hybridized carbons (Fsp3) is 0.296. The van der Waals surface area contributed by atoms with Crippen molar-refractivity contribution >= 4 is 21.6 Å². The Bertz CT molecular complexity index is 1310. The summed E-state index contributed by atoms with van der Waals surface area (Å²) in [5, 5.41) is 0. The number of carbonyl (C=O) groups excluding carboxylic acids is 1. The van der Waals surface area contributed by atoms with Crippen LogP contribution >= 0.6 is 0 Å². The summed E-state index contributed by atoms with van der Waals surface area (Å²) in [6, 6.07) is 20.3. The fourth-order valence-corrected chi connectivity index (χ4v) is 5.46. The molecule has 4 rings (SSSR count). The third-order valence-electron chi connectivity index (χ3n) is 6.40. The molecule has 0 unspecified atom stereocenters.